The van der Waals surface area contributed by atoms with Gasteiger partial charge in [0.1, 0.15) is 6.10 Å². The molecule has 7 aliphatic rings. The van der Waals surface area contributed by atoms with Crippen molar-refractivity contribution in [2.75, 3.05) is 19.8 Å². The standard InChI is InChI=1S/C42H69N3O9/c1-21-20-54-37(23(21)3)38(51)40(5,52)31-12-13-42(53)34-33-25(16-39(31,42)4)9-8-24(26-10-11-32(43)45-28(26)7-6-14-46)17-41(33)18-30(49)29(48)15-27(41)36(50)35(34)44-19-22(2)47/h8-9,21-34,37-38,45-49,51-53H,6-7,10-20,43H2,1-5H3. The van der Waals surface area contributed by atoms with Crippen LogP contribution in [0.3, 0.4) is 0 Å². The third-order valence-corrected chi connectivity index (χ3v) is 16.6. The number of aliphatic hydroxyl groups excluding tert-OH is 5. The third kappa shape index (κ3) is 6.32. The maximum absolute atomic E-state index is 15.2. The second-order valence-electron chi connectivity index (χ2n) is 19.6. The first kappa shape index (κ1) is 40.9. The van der Waals surface area contributed by atoms with Crippen molar-refractivity contribution in [1.29, 1.82) is 0 Å². The summed E-state index contributed by atoms with van der Waals surface area (Å²) in [5.41, 5.74) is 1.81. The normalized spacial score (nSPS) is 51.9. The molecule has 12 nitrogen and oxygen atoms in total. The van der Waals surface area contributed by atoms with Crippen LogP contribution in [0.5, 0.6) is 0 Å². The molecule has 6 fully saturated rings. The number of Topliss-reactive ketones (excluding diaryl/α,β-unsaturated/α-hetero) is 1. The minimum absolute atomic E-state index is 0.000326. The third-order valence-electron chi connectivity index (χ3n) is 16.6. The molecule has 12 heteroatoms. The Labute approximate surface area is 321 Å². The van der Waals surface area contributed by atoms with Gasteiger partial charge in [0.05, 0.1) is 54.0 Å². The predicted octanol–water partition coefficient (Wildman–Crippen LogP) is 1.69. The van der Waals surface area contributed by atoms with Gasteiger partial charge in [-0.3, -0.25) is 15.1 Å². The van der Waals surface area contributed by atoms with E-state index >= 15 is 4.79 Å². The van der Waals surface area contributed by atoms with Crippen LogP contribution in [0.1, 0.15) is 98.8 Å². The second-order valence-corrected chi connectivity index (χ2v) is 19.6. The highest BCUT2D eigenvalue weighted by Gasteiger charge is 2.76. The van der Waals surface area contributed by atoms with Crippen LogP contribution in [-0.2, 0) is 9.53 Å². The zero-order valence-corrected chi connectivity index (χ0v) is 33.1. The highest BCUT2D eigenvalue weighted by atomic mass is 16.5. The van der Waals surface area contributed by atoms with Gasteiger partial charge in [-0.1, -0.05) is 32.9 Å². The Morgan fingerprint density at radius 1 is 1.09 bits per heavy atom. The van der Waals surface area contributed by atoms with E-state index in [-0.39, 0.29) is 91.6 Å². The molecule has 1 spiro atoms. The Kier molecular flexibility index (Phi) is 11.2. The van der Waals surface area contributed by atoms with E-state index in [2.05, 4.69) is 24.4 Å². The minimum Gasteiger partial charge on any atom is -0.396 e. The number of ketones is 1. The first-order chi connectivity index (χ1) is 25.4. The fourth-order valence-electron chi connectivity index (χ4n) is 13.7. The van der Waals surface area contributed by atoms with Crippen LogP contribution in [0.15, 0.2) is 17.1 Å². The zero-order chi connectivity index (χ0) is 39.1. The predicted molar refractivity (Wildman–Crippen MR) is 203 cm³/mol. The summed E-state index contributed by atoms with van der Waals surface area (Å²) in [6, 6.07) is 0.0489. The Morgan fingerprint density at radius 2 is 1.81 bits per heavy atom. The van der Waals surface area contributed by atoms with Crippen LogP contribution < -0.4 is 11.1 Å². The van der Waals surface area contributed by atoms with Gasteiger partial charge in [0.2, 0.25) is 0 Å². The summed E-state index contributed by atoms with van der Waals surface area (Å²) < 4.78 is 6.08. The molecule has 10 N–H and O–H groups in total. The van der Waals surface area contributed by atoms with Crippen LogP contribution in [0.4, 0.5) is 0 Å². The van der Waals surface area contributed by atoms with E-state index < -0.39 is 70.3 Å². The van der Waals surface area contributed by atoms with Gasteiger partial charge in [-0.05, 0) is 125 Å². The first-order valence-electron chi connectivity index (χ1n) is 21.1. The SMILES string of the molecule is CC(O)CN=C1C(=O)C2CC(O)C(O)CC23CC(C2CCC(N)NC2CCCO)C=CC2CC4(C)C(C(C)(O)C(O)C5OCC(C)C5C)CCC4(O)C1C23. The van der Waals surface area contributed by atoms with Crippen molar-refractivity contribution in [3.05, 3.63) is 12.2 Å². The maximum atomic E-state index is 15.2. The quantitative estimate of drug-likeness (QED) is 0.154. The number of nitrogens with zero attached hydrogens (tertiary/aromatic N) is 1. The monoisotopic (exact) mass is 760 g/mol. The number of carbonyl (C=O) groups excluding carboxylic acids is 1. The number of fused-ring (bicyclic) bond motifs is 2. The molecule has 0 aromatic carbocycles. The molecule has 4 saturated carbocycles. The first-order valence-corrected chi connectivity index (χ1v) is 21.1. The summed E-state index contributed by atoms with van der Waals surface area (Å²) in [5, 5.41) is 84.6. The molecule has 2 aliphatic heterocycles. The molecule has 0 bridgehead atoms. The molecule has 2 heterocycles. The summed E-state index contributed by atoms with van der Waals surface area (Å²) in [7, 11) is 0. The van der Waals surface area contributed by atoms with Crippen LogP contribution in [0.2, 0.25) is 0 Å². The van der Waals surface area contributed by atoms with Gasteiger partial charge in [-0.15, -0.1) is 0 Å². The fraction of sp³-hybridized carbons (Fsp3) is 0.905. The van der Waals surface area contributed by atoms with Gasteiger partial charge in [0.15, 0.2) is 5.78 Å². The lowest BCUT2D eigenvalue weighted by Gasteiger charge is -2.66. The molecule has 306 valence electrons. The molecule has 7 rings (SSSR count). The summed E-state index contributed by atoms with van der Waals surface area (Å²) in [6.07, 6.45) is 4.86. The van der Waals surface area contributed by atoms with E-state index in [4.69, 9.17) is 15.5 Å². The van der Waals surface area contributed by atoms with Crippen molar-refractivity contribution >= 4 is 11.5 Å². The topological polar surface area (TPSA) is 218 Å². The van der Waals surface area contributed by atoms with Crippen molar-refractivity contribution in [3.8, 4) is 0 Å². The van der Waals surface area contributed by atoms with E-state index in [0.717, 1.165) is 19.3 Å². The molecule has 5 aliphatic carbocycles. The summed E-state index contributed by atoms with van der Waals surface area (Å²) in [4.78, 5) is 20.0. The fourth-order valence-corrected chi connectivity index (χ4v) is 13.7. The van der Waals surface area contributed by atoms with E-state index in [0.29, 0.717) is 32.3 Å². The van der Waals surface area contributed by atoms with Crippen LogP contribution >= 0.6 is 0 Å². The van der Waals surface area contributed by atoms with Crippen molar-refractivity contribution < 1.29 is 45.3 Å². The van der Waals surface area contributed by atoms with Crippen LogP contribution in [-0.4, -0.2) is 121 Å². The number of allylic oxidation sites excluding steroid dienone is 2. The molecular formula is C42H69N3O9. The Bertz CT molecular complexity index is 1460. The maximum Gasteiger partial charge on any atom is 0.180 e. The second kappa shape index (κ2) is 14.8. The van der Waals surface area contributed by atoms with E-state index in [1.54, 1.807) is 13.8 Å². The molecule has 54 heavy (non-hydrogen) atoms. The van der Waals surface area contributed by atoms with Crippen LogP contribution in [0, 0.1) is 64.1 Å². The number of nitrogens with two attached hydrogens (primary N) is 1. The van der Waals surface area contributed by atoms with Crippen molar-refractivity contribution in [3.63, 3.8) is 0 Å². The molecule has 0 aromatic heterocycles. The highest BCUT2D eigenvalue weighted by Crippen LogP contribution is 2.73. The molecule has 20 atom stereocenters. The smallest absolute Gasteiger partial charge is 0.180 e. The number of rotatable bonds is 9. The van der Waals surface area contributed by atoms with Gasteiger partial charge in [-0.2, -0.15) is 0 Å². The highest BCUT2D eigenvalue weighted by molar-refractivity contribution is 6.42. The van der Waals surface area contributed by atoms with Gasteiger partial charge < -0.3 is 46.2 Å². The number of hydrogen-bond acceptors (Lipinski definition) is 12. The number of ether oxygens (including phenoxy) is 1. The van der Waals surface area contributed by atoms with Crippen LogP contribution in [0.25, 0.3) is 0 Å². The average Bonchev–Trinajstić information content (AvgIpc) is 3.54. The Balaban J connectivity index is 1.37. The average molecular weight is 760 g/mol. The molecule has 20 unspecified atom stereocenters. The molecule has 0 radical (unpaired) electrons. The van der Waals surface area contributed by atoms with Crippen molar-refractivity contribution in [2.24, 2.45) is 74.8 Å². The number of hydrogen-bond donors (Lipinski definition) is 9. The van der Waals surface area contributed by atoms with E-state index in [9.17, 15) is 35.7 Å². The van der Waals surface area contributed by atoms with E-state index in [1.165, 1.54) is 0 Å². The van der Waals surface area contributed by atoms with Gasteiger partial charge >= 0.3 is 0 Å². The van der Waals surface area contributed by atoms with Crippen molar-refractivity contribution in [2.45, 2.75) is 153 Å². The van der Waals surface area contributed by atoms with Gasteiger partial charge in [0, 0.05) is 36.5 Å². The molecule has 0 aromatic rings. The van der Waals surface area contributed by atoms with Gasteiger partial charge in [-0.25, -0.2) is 0 Å². The number of piperidine rings is 1. The number of aliphatic hydroxyl groups is 7. The lowest BCUT2D eigenvalue weighted by molar-refractivity contribution is -0.233. The lowest BCUT2D eigenvalue weighted by Crippen LogP contribution is -2.72. The zero-order valence-electron chi connectivity index (χ0n) is 33.1. The lowest BCUT2D eigenvalue weighted by atomic mass is 9.38. The molecule has 2 saturated heterocycles. The Morgan fingerprint density at radius 3 is 2.48 bits per heavy atom. The number of carbonyl (C=O) groups is 1. The van der Waals surface area contributed by atoms with Crippen molar-refractivity contribution in [1.82, 2.24) is 5.32 Å². The largest absolute Gasteiger partial charge is 0.396 e. The summed E-state index contributed by atoms with van der Waals surface area (Å²) >= 11 is 0. The summed E-state index contributed by atoms with van der Waals surface area (Å²) in [6.45, 7) is 10.0. The van der Waals surface area contributed by atoms with Gasteiger partial charge in [0.25, 0.3) is 0 Å². The van der Waals surface area contributed by atoms with E-state index in [1.807, 2.05) is 13.8 Å². The minimum atomic E-state index is -1.63. The molecular weight excluding hydrogens is 690 g/mol. The number of aliphatic imine (C=N–C) groups is 1. The molecule has 0 amide bonds. The Hall–Kier alpha value is -1.32. The summed E-state index contributed by atoms with van der Waals surface area (Å²) in [5.74, 6) is -2.23. The number of nitrogens with one attached hydrogen (secondary N) is 1.